The quantitative estimate of drug-likeness (QED) is 0.943. The number of benzene rings is 1. The third kappa shape index (κ3) is 2.65. The van der Waals surface area contributed by atoms with Crippen molar-refractivity contribution in [1.29, 1.82) is 0 Å². The molecule has 0 radical (unpaired) electrons. The Morgan fingerprint density at radius 3 is 2.83 bits per heavy atom. The van der Waals surface area contributed by atoms with Gasteiger partial charge in [0.25, 0.3) is 0 Å². The third-order valence-electron chi connectivity index (χ3n) is 2.13. The normalized spacial score (nSPS) is 10.1. The largest absolute Gasteiger partial charge is 0.478 e. The molecule has 18 heavy (non-hydrogen) atoms. The first kappa shape index (κ1) is 12.5. The summed E-state index contributed by atoms with van der Waals surface area (Å²) < 4.78 is 18.9. The molecule has 1 aromatic heterocycles. The summed E-state index contributed by atoms with van der Waals surface area (Å²) in [6, 6.07) is 5.46. The summed E-state index contributed by atoms with van der Waals surface area (Å²) in [5.74, 6) is -1.36. The van der Waals surface area contributed by atoms with E-state index in [1.54, 1.807) is 0 Å². The Morgan fingerprint density at radius 1 is 1.39 bits per heavy atom. The number of aromatic carboxylic acids is 1. The smallest absolute Gasteiger partial charge is 0.339 e. The Kier molecular flexibility index (Phi) is 3.57. The second-order valence-corrected chi connectivity index (χ2v) is 4.21. The number of halogens is 2. The summed E-state index contributed by atoms with van der Waals surface area (Å²) in [5, 5.41) is 8.95. The van der Waals surface area contributed by atoms with Gasteiger partial charge in [0.1, 0.15) is 17.1 Å². The van der Waals surface area contributed by atoms with Crippen LogP contribution in [0.5, 0.6) is 11.5 Å². The lowest BCUT2D eigenvalue weighted by atomic mass is 10.2. The van der Waals surface area contributed by atoms with Crippen LogP contribution in [-0.2, 0) is 0 Å². The van der Waals surface area contributed by atoms with Crippen LogP contribution in [0.1, 0.15) is 10.4 Å². The fourth-order valence-corrected chi connectivity index (χ4v) is 1.55. The van der Waals surface area contributed by atoms with Crippen LogP contribution in [0.2, 0.25) is 0 Å². The molecule has 0 aliphatic heterocycles. The molecule has 1 heterocycles. The first-order valence-corrected chi connectivity index (χ1v) is 5.67. The SMILES string of the molecule is O=C(O)c1ccncc1Oc1ccc(Br)c(F)c1. The molecule has 0 fully saturated rings. The number of nitrogens with zero attached hydrogens (tertiary/aromatic N) is 1. The minimum Gasteiger partial charge on any atom is -0.478 e. The average Bonchev–Trinajstić information content (AvgIpc) is 2.34. The number of carboxylic acids is 1. The van der Waals surface area contributed by atoms with Crippen molar-refractivity contribution in [2.24, 2.45) is 0 Å². The van der Waals surface area contributed by atoms with Gasteiger partial charge in [-0.1, -0.05) is 0 Å². The molecule has 0 unspecified atom stereocenters. The molecule has 92 valence electrons. The zero-order valence-electron chi connectivity index (χ0n) is 8.93. The van der Waals surface area contributed by atoms with Gasteiger partial charge in [0.15, 0.2) is 5.75 Å². The molecule has 0 bridgehead atoms. The Balaban J connectivity index is 2.34. The van der Waals surface area contributed by atoms with Crippen molar-refractivity contribution in [3.8, 4) is 11.5 Å². The number of hydrogen-bond donors (Lipinski definition) is 1. The van der Waals surface area contributed by atoms with Gasteiger partial charge in [0.05, 0.1) is 10.7 Å². The lowest BCUT2D eigenvalue weighted by Gasteiger charge is -2.08. The van der Waals surface area contributed by atoms with E-state index in [0.717, 1.165) is 6.07 Å². The molecule has 4 nitrogen and oxygen atoms in total. The van der Waals surface area contributed by atoms with Crippen LogP contribution in [0.3, 0.4) is 0 Å². The number of hydrogen-bond acceptors (Lipinski definition) is 3. The molecule has 1 aromatic carbocycles. The van der Waals surface area contributed by atoms with E-state index in [1.165, 1.54) is 30.6 Å². The Hall–Kier alpha value is -1.95. The van der Waals surface area contributed by atoms with Crippen molar-refractivity contribution in [3.63, 3.8) is 0 Å². The van der Waals surface area contributed by atoms with E-state index in [4.69, 9.17) is 9.84 Å². The monoisotopic (exact) mass is 311 g/mol. The number of aromatic nitrogens is 1. The number of rotatable bonds is 3. The molecule has 1 N–H and O–H groups in total. The summed E-state index contributed by atoms with van der Waals surface area (Å²) in [5.41, 5.74) is -0.0340. The van der Waals surface area contributed by atoms with Crippen molar-refractivity contribution in [3.05, 3.63) is 52.5 Å². The minimum absolute atomic E-state index is 0.0340. The summed E-state index contributed by atoms with van der Waals surface area (Å²) >= 11 is 3.02. The molecular formula is C12H7BrFNO3. The molecule has 0 amide bonds. The Bertz CT molecular complexity index is 604. The summed E-state index contributed by atoms with van der Waals surface area (Å²) in [4.78, 5) is 14.7. The zero-order chi connectivity index (χ0) is 13.1. The van der Waals surface area contributed by atoms with Crippen LogP contribution in [0.4, 0.5) is 4.39 Å². The van der Waals surface area contributed by atoms with E-state index in [9.17, 15) is 9.18 Å². The predicted octanol–water partition coefficient (Wildman–Crippen LogP) is 3.47. The lowest BCUT2D eigenvalue weighted by Crippen LogP contribution is -2.00. The maximum atomic E-state index is 13.3. The summed E-state index contributed by atoms with van der Waals surface area (Å²) in [6.45, 7) is 0. The molecule has 6 heteroatoms. The maximum absolute atomic E-state index is 13.3. The van der Waals surface area contributed by atoms with Gasteiger partial charge in [-0.15, -0.1) is 0 Å². The molecule has 0 saturated heterocycles. The molecule has 0 atom stereocenters. The molecule has 0 saturated carbocycles. The van der Waals surface area contributed by atoms with Gasteiger partial charge in [-0.2, -0.15) is 0 Å². The second-order valence-electron chi connectivity index (χ2n) is 3.35. The standard InChI is InChI=1S/C12H7BrFNO3/c13-9-2-1-7(5-10(9)14)18-11-6-15-4-3-8(11)12(16)17/h1-6H,(H,16,17). The van der Waals surface area contributed by atoms with E-state index >= 15 is 0 Å². The topological polar surface area (TPSA) is 59.4 Å². The second kappa shape index (κ2) is 5.14. The molecule has 0 spiro atoms. The van der Waals surface area contributed by atoms with Gasteiger partial charge in [-0.3, -0.25) is 4.98 Å². The number of pyridine rings is 1. The van der Waals surface area contributed by atoms with E-state index in [1.807, 2.05) is 0 Å². The highest BCUT2D eigenvalue weighted by Gasteiger charge is 2.12. The summed E-state index contributed by atoms with van der Waals surface area (Å²) in [6.07, 6.45) is 2.61. The van der Waals surface area contributed by atoms with Crippen LogP contribution >= 0.6 is 15.9 Å². The molecule has 0 aliphatic carbocycles. The van der Waals surface area contributed by atoms with Crippen molar-refractivity contribution < 1.29 is 19.0 Å². The van der Waals surface area contributed by atoms with Crippen LogP contribution in [0, 0.1) is 5.82 Å². The molecule has 2 rings (SSSR count). The highest BCUT2D eigenvalue weighted by atomic mass is 79.9. The molecular weight excluding hydrogens is 305 g/mol. The van der Waals surface area contributed by atoms with Crippen LogP contribution in [0.15, 0.2) is 41.1 Å². The van der Waals surface area contributed by atoms with Gasteiger partial charge in [-0.25, -0.2) is 9.18 Å². The number of carbonyl (C=O) groups is 1. The first-order chi connectivity index (χ1) is 8.58. The number of ether oxygens (including phenoxy) is 1. The fraction of sp³-hybridized carbons (Fsp3) is 0. The van der Waals surface area contributed by atoms with E-state index in [-0.39, 0.29) is 17.1 Å². The van der Waals surface area contributed by atoms with Crippen LogP contribution in [0.25, 0.3) is 0 Å². The van der Waals surface area contributed by atoms with Crippen LogP contribution < -0.4 is 4.74 Å². The fourth-order valence-electron chi connectivity index (χ4n) is 1.31. The van der Waals surface area contributed by atoms with Gasteiger partial charge in [-0.05, 0) is 34.1 Å². The van der Waals surface area contributed by atoms with Crippen LogP contribution in [-0.4, -0.2) is 16.1 Å². The average molecular weight is 312 g/mol. The summed E-state index contributed by atoms with van der Waals surface area (Å²) in [7, 11) is 0. The van der Waals surface area contributed by atoms with Gasteiger partial charge in [0.2, 0.25) is 0 Å². The Morgan fingerprint density at radius 2 is 2.17 bits per heavy atom. The van der Waals surface area contributed by atoms with Crippen molar-refractivity contribution in [2.75, 3.05) is 0 Å². The minimum atomic E-state index is -1.13. The highest BCUT2D eigenvalue weighted by Crippen LogP contribution is 2.27. The van der Waals surface area contributed by atoms with Crippen molar-refractivity contribution in [1.82, 2.24) is 4.98 Å². The van der Waals surface area contributed by atoms with Gasteiger partial charge < -0.3 is 9.84 Å². The van der Waals surface area contributed by atoms with E-state index in [2.05, 4.69) is 20.9 Å². The van der Waals surface area contributed by atoms with Gasteiger partial charge >= 0.3 is 5.97 Å². The third-order valence-corrected chi connectivity index (χ3v) is 2.78. The maximum Gasteiger partial charge on any atom is 0.339 e. The van der Waals surface area contributed by atoms with E-state index < -0.39 is 11.8 Å². The lowest BCUT2D eigenvalue weighted by molar-refractivity contribution is 0.0694. The van der Waals surface area contributed by atoms with Crippen molar-refractivity contribution in [2.45, 2.75) is 0 Å². The van der Waals surface area contributed by atoms with E-state index in [0.29, 0.717) is 4.47 Å². The predicted molar refractivity (Wildman–Crippen MR) is 65.4 cm³/mol. The van der Waals surface area contributed by atoms with Crippen molar-refractivity contribution >= 4 is 21.9 Å². The Labute approximate surface area is 110 Å². The molecule has 2 aromatic rings. The first-order valence-electron chi connectivity index (χ1n) is 4.88. The zero-order valence-corrected chi connectivity index (χ0v) is 10.5. The van der Waals surface area contributed by atoms with Gasteiger partial charge in [0, 0.05) is 12.3 Å². The molecule has 0 aliphatic rings. The number of carboxylic acid groups (broad SMARTS) is 1. The highest BCUT2D eigenvalue weighted by molar-refractivity contribution is 9.10.